The van der Waals surface area contributed by atoms with Crippen molar-refractivity contribution in [3.05, 3.63) is 0 Å². The molecule has 0 aliphatic rings. The van der Waals surface area contributed by atoms with Crippen molar-refractivity contribution in [2.75, 3.05) is 20.1 Å². The lowest BCUT2D eigenvalue weighted by molar-refractivity contribution is 0.0606. The number of carbonyl (C=O) groups excluding carboxylic acids is 1. The van der Waals surface area contributed by atoms with E-state index >= 15 is 0 Å². The summed E-state index contributed by atoms with van der Waals surface area (Å²) in [5, 5.41) is 8.87. The third-order valence-electron chi connectivity index (χ3n) is 1.99. The molecule has 0 fully saturated rings. The van der Waals surface area contributed by atoms with Crippen LogP contribution in [0.3, 0.4) is 0 Å². The molecule has 1 N–H and O–H groups in total. The Morgan fingerprint density at radius 3 is 2.22 bits per heavy atom. The molecule has 0 aromatic carbocycles. The molecule has 1 amide bonds. The molecule has 0 aromatic heterocycles. The Morgan fingerprint density at radius 1 is 1.50 bits per heavy atom. The number of nitrogens with zero attached hydrogens (tertiary/aromatic N) is 2. The Balaban J connectivity index is 0. The highest BCUT2D eigenvalue weighted by Crippen LogP contribution is 2.07. The molecule has 0 bridgehead atoms. The fourth-order valence-corrected chi connectivity index (χ4v) is 0.860. The van der Waals surface area contributed by atoms with Gasteiger partial charge in [0.15, 0.2) is 0 Å². The van der Waals surface area contributed by atoms with E-state index in [1.807, 2.05) is 6.92 Å². The summed E-state index contributed by atoms with van der Waals surface area (Å²) in [6.07, 6.45) is 0.103. The van der Waals surface area contributed by atoms with Gasteiger partial charge in [-0.05, 0) is 54.4 Å². The molecule has 5 heteroatoms. The van der Waals surface area contributed by atoms with Gasteiger partial charge in [0.1, 0.15) is 5.60 Å². The normalized spacial score (nSPS) is 12.4. The highest BCUT2D eigenvalue weighted by Gasteiger charge is 2.13. The molecule has 0 saturated carbocycles. The smallest absolute Gasteiger partial charge is 0.433 e. The lowest BCUT2D eigenvalue weighted by atomic mass is 10.2. The van der Waals surface area contributed by atoms with Crippen molar-refractivity contribution < 1.29 is 14.6 Å². The van der Waals surface area contributed by atoms with Crippen LogP contribution in [0.2, 0.25) is 0 Å². The summed E-state index contributed by atoms with van der Waals surface area (Å²) in [5.41, 5.74) is -0.460. The number of amides is 1. The van der Waals surface area contributed by atoms with Gasteiger partial charge in [0.05, 0.1) is 6.10 Å². The zero-order valence-electron chi connectivity index (χ0n) is 12.6. The van der Waals surface area contributed by atoms with E-state index in [1.165, 1.54) is 0 Å². The summed E-state index contributed by atoms with van der Waals surface area (Å²) >= 11 is 0. The van der Waals surface area contributed by atoms with E-state index in [0.717, 1.165) is 19.5 Å². The van der Waals surface area contributed by atoms with Gasteiger partial charge in [-0.15, -0.1) is 0 Å². The first-order chi connectivity index (χ1) is 8.12. The molecule has 0 rings (SSSR count). The minimum atomic E-state index is -0.623. The first-order valence-corrected chi connectivity index (χ1v) is 6.18. The zero-order chi connectivity index (χ0) is 14.8. The van der Waals surface area contributed by atoms with Crippen LogP contribution in [0.15, 0.2) is 4.99 Å². The van der Waals surface area contributed by atoms with E-state index in [-0.39, 0.29) is 6.10 Å². The predicted octanol–water partition coefficient (Wildman–Crippen LogP) is 2.33. The van der Waals surface area contributed by atoms with E-state index in [9.17, 15) is 4.79 Å². The Kier molecular flexibility index (Phi) is 10.8. The third kappa shape index (κ3) is 17.5. The van der Waals surface area contributed by atoms with Crippen LogP contribution in [0, 0.1) is 0 Å². The molecule has 0 spiro atoms. The van der Waals surface area contributed by atoms with Crippen LogP contribution < -0.4 is 0 Å². The monoisotopic (exact) mass is 260 g/mol. The molecule has 0 aliphatic carbocycles. The summed E-state index contributed by atoms with van der Waals surface area (Å²) < 4.78 is 4.72. The molecule has 0 aromatic rings. The quantitative estimate of drug-likeness (QED) is 0.788. The minimum absolute atomic E-state index is 0.154. The van der Waals surface area contributed by atoms with E-state index in [1.54, 1.807) is 20.8 Å². The molecule has 0 heterocycles. The maximum atomic E-state index is 10.4. The fraction of sp³-hybridized carbons (Fsp3) is 0.846. The Hall–Kier alpha value is -0.940. The van der Waals surface area contributed by atoms with Crippen LogP contribution in [-0.4, -0.2) is 54.7 Å². The Morgan fingerprint density at radius 2 is 2.00 bits per heavy atom. The highest BCUT2D eigenvalue weighted by molar-refractivity contribution is 5.73. The number of aliphatic hydroxyl groups is 1. The SMILES string of the molecule is C=NC(=O)OC(C)(C)C.CCN(C)CCC(C)O. The number of ether oxygens (including phenoxy) is 1. The van der Waals surface area contributed by atoms with Crippen LogP contribution in [-0.2, 0) is 4.74 Å². The van der Waals surface area contributed by atoms with Gasteiger partial charge in [-0.2, -0.15) is 4.99 Å². The van der Waals surface area contributed by atoms with Gasteiger partial charge in [0.2, 0.25) is 0 Å². The summed E-state index contributed by atoms with van der Waals surface area (Å²) in [7, 11) is 2.06. The molecule has 0 saturated heterocycles. The second-order valence-electron chi connectivity index (χ2n) is 5.17. The van der Waals surface area contributed by atoms with Gasteiger partial charge in [-0.3, -0.25) is 0 Å². The number of carbonyl (C=O) groups is 1. The first-order valence-electron chi connectivity index (χ1n) is 6.18. The predicted molar refractivity (Wildman–Crippen MR) is 75.3 cm³/mol. The van der Waals surface area contributed by atoms with Crippen LogP contribution in [0.4, 0.5) is 4.79 Å². The fourth-order valence-electron chi connectivity index (χ4n) is 0.860. The maximum Gasteiger partial charge on any atom is 0.433 e. The topological polar surface area (TPSA) is 62.1 Å². The zero-order valence-corrected chi connectivity index (χ0v) is 12.6. The standard InChI is InChI=1S/C7H17NO.C6H11NO2/c1-4-8(3)6-5-7(2)9;1-6(2,3)9-5(8)7-4/h7,9H,4-6H2,1-3H3;4H2,1-3H3. The van der Waals surface area contributed by atoms with E-state index < -0.39 is 11.7 Å². The van der Waals surface area contributed by atoms with Crippen molar-refractivity contribution >= 4 is 12.8 Å². The van der Waals surface area contributed by atoms with Crippen LogP contribution in [0.1, 0.15) is 41.0 Å². The van der Waals surface area contributed by atoms with Crippen molar-refractivity contribution in [1.29, 1.82) is 0 Å². The lowest BCUT2D eigenvalue weighted by Crippen LogP contribution is -2.21. The highest BCUT2D eigenvalue weighted by atomic mass is 16.6. The van der Waals surface area contributed by atoms with Gasteiger partial charge in [-0.1, -0.05) is 6.92 Å². The number of aliphatic hydroxyl groups excluding tert-OH is 1. The van der Waals surface area contributed by atoms with Crippen molar-refractivity contribution in [3.8, 4) is 0 Å². The molecule has 1 unspecified atom stereocenters. The number of aliphatic imine (C=N–C) groups is 1. The maximum absolute atomic E-state index is 10.4. The van der Waals surface area contributed by atoms with Crippen LogP contribution >= 0.6 is 0 Å². The van der Waals surface area contributed by atoms with E-state index in [2.05, 4.69) is 30.6 Å². The molecular formula is C13H28N2O3. The number of hydrogen-bond donors (Lipinski definition) is 1. The van der Waals surface area contributed by atoms with Gasteiger partial charge < -0.3 is 14.7 Å². The number of rotatable bonds is 4. The summed E-state index contributed by atoms with van der Waals surface area (Å²) in [6, 6.07) is 0. The first kappa shape index (κ1) is 19.4. The van der Waals surface area contributed by atoms with Crippen molar-refractivity contribution in [2.45, 2.75) is 52.7 Å². The molecule has 0 aliphatic heterocycles. The van der Waals surface area contributed by atoms with Crippen molar-refractivity contribution in [3.63, 3.8) is 0 Å². The third-order valence-corrected chi connectivity index (χ3v) is 1.99. The Bertz CT molecular complexity index is 235. The summed E-state index contributed by atoms with van der Waals surface area (Å²) in [4.78, 5) is 15.6. The van der Waals surface area contributed by atoms with E-state index in [4.69, 9.17) is 9.84 Å². The van der Waals surface area contributed by atoms with Crippen molar-refractivity contribution in [1.82, 2.24) is 4.90 Å². The molecule has 1 atom stereocenters. The largest absolute Gasteiger partial charge is 0.442 e. The second-order valence-corrected chi connectivity index (χ2v) is 5.17. The lowest BCUT2D eigenvalue weighted by Gasteiger charge is -2.16. The summed E-state index contributed by atoms with van der Waals surface area (Å²) in [6.45, 7) is 14.3. The van der Waals surface area contributed by atoms with Crippen LogP contribution in [0.5, 0.6) is 0 Å². The van der Waals surface area contributed by atoms with Crippen LogP contribution in [0.25, 0.3) is 0 Å². The van der Waals surface area contributed by atoms with E-state index in [0.29, 0.717) is 0 Å². The minimum Gasteiger partial charge on any atom is -0.442 e. The molecule has 0 radical (unpaired) electrons. The molecular weight excluding hydrogens is 232 g/mol. The van der Waals surface area contributed by atoms with Gasteiger partial charge in [-0.25, -0.2) is 4.79 Å². The second kappa shape index (κ2) is 10.0. The van der Waals surface area contributed by atoms with Crippen molar-refractivity contribution in [2.24, 2.45) is 4.99 Å². The van der Waals surface area contributed by atoms with Gasteiger partial charge in [0.25, 0.3) is 0 Å². The summed E-state index contributed by atoms with van der Waals surface area (Å²) in [5.74, 6) is 0. The average molecular weight is 260 g/mol. The Labute approximate surface area is 111 Å². The molecule has 108 valence electrons. The molecule has 18 heavy (non-hydrogen) atoms. The van der Waals surface area contributed by atoms with Gasteiger partial charge in [0, 0.05) is 6.54 Å². The van der Waals surface area contributed by atoms with Gasteiger partial charge >= 0.3 is 6.09 Å². The molecule has 5 nitrogen and oxygen atoms in total. The number of hydrogen-bond acceptors (Lipinski definition) is 4. The average Bonchev–Trinajstić information content (AvgIpc) is 2.24.